The minimum atomic E-state index is 0.390. The van der Waals surface area contributed by atoms with Gasteiger partial charge in [-0.2, -0.15) is 0 Å². The van der Waals surface area contributed by atoms with Gasteiger partial charge in [0.2, 0.25) is 0 Å². The van der Waals surface area contributed by atoms with E-state index in [0.29, 0.717) is 12.1 Å². The molecule has 2 nitrogen and oxygen atoms in total. The first-order chi connectivity index (χ1) is 8.81. The molecule has 1 aliphatic rings. The van der Waals surface area contributed by atoms with Crippen LogP contribution in [0.1, 0.15) is 49.9 Å². The summed E-state index contributed by atoms with van der Waals surface area (Å²) >= 11 is 8.00. The molecular formula is C14H22ClNOS. The number of rotatable bonds is 7. The van der Waals surface area contributed by atoms with Crippen molar-refractivity contribution in [2.24, 2.45) is 0 Å². The zero-order chi connectivity index (χ0) is 12.8. The number of nitrogens with one attached hydrogen (secondary N) is 1. The summed E-state index contributed by atoms with van der Waals surface area (Å²) in [5.74, 6) is 0. The van der Waals surface area contributed by atoms with Gasteiger partial charge in [0.1, 0.15) is 0 Å². The molecule has 4 heteroatoms. The Labute approximate surface area is 119 Å². The van der Waals surface area contributed by atoms with Crippen LogP contribution in [0.2, 0.25) is 5.02 Å². The van der Waals surface area contributed by atoms with Crippen LogP contribution in [-0.4, -0.2) is 19.3 Å². The summed E-state index contributed by atoms with van der Waals surface area (Å²) in [6.45, 7) is 4.18. The monoisotopic (exact) mass is 287 g/mol. The Hall–Kier alpha value is -0.0900. The molecule has 0 amide bonds. The first-order valence-corrected chi connectivity index (χ1v) is 8.15. The van der Waals surface area contributed by atoms with Crippen LogP contribution >= 0.6 is 22.9 Å². The van der Waals surface area contributed by atoms with Crippen LogP contribution in [0.25, 0.3) is 0 Å². The van der Waals surface area contributed by atoms with Crippen molar-refractivity contribution in [1.82, 2.24) is 5.32 Å². The van der Waals surface area contributed by atoms with Crippen LogP contribution in [0.5, 0.6) is 0 Å². The number of ether oxygens (including phenoxy) is 1. The largest absolute Gasteiger partial charge is 0.378 e. The van der Waals surface area contributed by atoms with Crippen LogP contribution in [-0.2, 0) is 4.74 Å². The summed E-state index contributed by atoms with van der Waals surface area (Å²) in [5, 5.41) is 6.58. The summed E-state index contributed by atoms with van der Waals surface area (Å²) in [5.41, 5.74) is 0. The molecule has 2 rings (SSSR count). The standard InChI is InChI=1S/C14H22ClNOS/c1-2-8-16-13(14-12(15)7-10-18-14)6-5-11-4-3-9-17-11/h7,10-11,13,16H,2-6,8-9H2,1H3. The van der Waals surface area contributed by atoms with Gasteiger partial charge in [0, 0.05) is 17.5 Å². The van der Waals surface area contributed by atoms with Gasteiger partial charge < -0.3 is 10.1 Å². The molecule has 1 N–H and O–H groups in total. The third-order valence-corrected chi connectivity index (χ3v) is 4.88. The van der Waals surface area contributed by atoms with Gasteiger partial charge in [0.05, 0.1) is 11.1 Å². The van der Waals surface area contributed by atoms with E-state index in [4.69, 9.17) is 16.3 Å². The minimum Gasteiger partial charge on any atom is -0.378 e. The number of hydrogen-bond acceptors (Lipinski definition) is 3. The lowest BCUT2D eigenvalue weighted by Crippen LogP contribution is -2.23. The highest BCUT2D eigenvalue weighted by Crippen LogP contribution is 2.32. The highest BCUT2D eigenvalue weighted by atomic mass is 35.5. The Balaban J connectivity index is 1.90. The summed E-state index contributed by atoms with van der Waals surface area (Å²) in [6.07, 6.45) is 6.31. The molecule has 2 heterocycles. The van der Waals surface area contributed by atoms with Crippen LogP contribution in [0, 0.1) is 0 Å². The van der Waals surface area contributed by atoms with E-state index in [0.717, 1.165) is 37.4 Å². The lowest BCUT2D eigenvalue weighted by atomic mass is 10.0. The molecule has 1 fully saturated rings. The van der Waals surface area contributed by atoms with Crippen molar-refractivity contribution in [3.63, 3.8) is 0 Å². The number of hydrogen-bond donors (Lipinski definition) is 1. The van der Waals surface area contributed by atoms with E-state index in [1.165, 1.54) is 17.7 Å². The molecule has 0 aliphatic carbocycles. The smallest absolute Gasteiger partial charge is 0.0576 e. The van der Waals surface area contributed by atoms with Crippen molar-refractivity contribution in [2.75, 3.05) is 13.2 Å². The Morgan fingerprint density at radius 2 is 2.50 bits per heavy atom. The number of halogens is 1. The molecule has 0 spiro atoms. The molecule has 0 bridgehead atoms. The molecule has 0 saturated carbocycles. The minimum absolute atomic E-state index is 0.390. The molecule has 18 heavy (non-hydrogen) atoms. The van der Waals surface area contributed by atoms with Gasteiger partial charge >= 0.3 is 0 Å². The average Bonchev–Trinajstić information content (AvgIpc) is 3.01. The maximum Gasteiger partial charge on any atom is 0.0576 e. The predicted octanol–water partition coefficient (Wildman–Crippen LogP) is 4.40. The second kappa shape index (κ2) is 7.49. The lowest BCUT2D eigenvalue weighted by Gasteiger charge is -2.19. The van der Waals surface area contributed by atoms with Crippen molar-refractivity contribution >= 4 is 22.9 Å². The molecule has 2 atom stereocenters. The van der Waals surface area contributed by atoms with Crippen LogP contribution < -0.4 is 5.32 Å². The highest BCUT2D eigenvalue weighted by Gasteiger charge is 2.20. The van der Waals surface area contributed by atoms with Crippen molar-refractivity contribution in [3.8, 4) is 0 Å². The van der Waals surface area contributed by atoms with Crippen molar-refractivity contribution in [1.29, 1.82) is 0 Å². The second-order valence-electron chi connectivity index (χ2n) is 4.85. The average molecular weight is 288 g/mol. The van der Waals surface area contributed by atoms with E-state index in [1.54, 1.807) is 11.3 Å². The van der Waals surface area contributed by atoms with Gasteiger partial charge in [-0.3, -0.25) is 0 Å². The van der Waals surface area contributed by atoms with E-state index in [9.17, 15) is 0 Å². The van der Waals surface area contributed by atoms with E-state index >= 15 is 0 Å². The van der Waals surface area contributed by atoms with Gasteiger partial charge in [0.25, 0.3) is 0 Å². The zero-order valence-electron chi connectivity index (χ0n) is 11.0. The fraction of sp³-hybridized carbons (Fsp3) is 0.714. The summed E-state index contributed by atoms with van der Waals surface area (Å²) in [7, 11) is 0. The first kappa shape index (κ1) is 14.3. The van der Waals surface area contributed by atoms with Crippen molar-refractivity contribution in [2.45, 2.75) is 51.2 Å². The quantitative estimate of drug-likeness (QED) is 0.802. The van der Waals surface area contributed by atoms with E-state index in [-0.39, 0.29) is 0 Å². The van der Waals surface area contributed by atoms with Gasteiger partial charge in [0.15, 0.2) is 0 Å². The second-order valence-corrected chi connectivity index (χ2v) is 6.21. The fourth-order valence-electron chi connectivity index (χ4n) is 2.42. The van der Waals surface area contributed by atoms with Crippen molar-refractivity contribution < 1.29 is 4.74 Å². The molecule has 102 valence electrons. The molecular weight excluding hydrogens is 266 g/mol. The normalized spacial score (nSPS) is 21.3. The molecule has 0 aromatic carbocycles. The molecule has 1 aromatic heterocycles. The lowest BCUT2D eigenvalue weighted by molar-refractivity contribution is 0.0997. The van der Waals surface area contributed by atoms with E-state index in [1.807, 2.05) is 6.07 Å². The van der Waals surface area contributed by atoms with Gasteiger partial charge in [-0.25, -0.2) is 0 Å². The SMILES string of the molecule is CCCNC(CCC1CCCO1)c1sccc1Cl. The molecule has 0 radical (unpaired) electrons. The Morgan fingerprint density at radius 3 is 3.11 bits per heavy atom. The maximum atomic E-state index is 6.25. The van der Waals surface area contributed by atoms with Gasteiger partial charge in [-0.15, -0.1) is 11.3 Å². The molecule has 1 saturated heterocycles. The summed E-state index contributed by atoms with van der Waals surface area (Å²) < 4.78 is 5.70. The van der Waals surface area contributed by atoms with Crippen LogP contribution in [0.4, 0.5) is 0 Å². The van der Waals surface area contributed by atoms with Crippen LogP contribution in [0.3, 0.4) is 0 Å². The van der Waals surface area contributed by atoms with E-state index < -0.39 is 0 Å². The summed E-state index contributed by atoms with van der Waals surface area (Å²) in [6, 6.07) is 2.38. The third-order valence-electron chi connectivity index (χ3n) is 3.40. The third kappa shape index (κ3) is 3.95. The Morgan fingerprint density at radius 1 is 1.61 bits per heavy atom. The Kier molecular flexibility index (Phi) is 5.96. The van der Waals surface area contributed by atoms with Gasteiger partial charge in [-0.05, 0) is 50.1 Å². The number of thiophene rings is 1. The predicted molar refractivity (Wildman–Crippen MR) is 78.6 cm³/mol. The molecule has 1 aliphatic heterocycles. The van der Waals surface area contributed by atoms with Gasteiger partial charge in [-0.1, -0.05) is 18.5 Å². The molecule has 2 unspecified atom stereocenters. The Bertz CT molecular complexity index is 349. The van der Waals surface area contributed by atoms with Crippen LogP contribution in [0.15, 0.2) is 11.4 Å². The van der Waals surface area contributed by atoms with E-state index in [2.05, 4.69) is 17.6 Å². The molecule has 1 aromatic rings. The zero-order valence-corrected chi connectivity index (χ0v) is 12.5. The fourth-order valence-corrected chi connectivity index (χ4v) is 3.72. The topological polar surface area (TPSA) is 21.3 Å². The first-order valence-electron chi connectivity index (χ1n) is 6.89. The summed E-state index contributed by atoms with van der Waals surface area (Å²) in [4.78, 5) is 1.28. The maximum absolute atomic E-state index is 6.25. The van der Waals surface area contributed by atoms with Crippen molar-refractivity contribution in [3.05, 3.63) is 21.3 Å². The highest BCUT2D eigenvalue weighted by molar-refractivity contribution is 7.10.